The second-order valence-electron chi connectivity index (χ2n) is 6.16. The van der Waals surface area contributed by atoms with Gasteiger partial charge in [-0.15, -0.1) is 0 Å². The monoisotopic (exact) mass is 268 g/mol. The second kappa shape index (κ2) is 6.68. The Morgan fingerprint density at radius 1 is 1.05 bits per heavy atom. The molecule has 0 saturated heterocycles. The largest absolute Gasteiger partial charge is 0.352 e. The predicted octanol–water partition coefficient (Wildman–Crippen LogP) is 1.17. The first-order chi connectivity index (χ1) is 8.80. The normalized spacial score (nSPS) is 16.8. The number of hydrogen-bond acceptors (Lipinski definition) is 3. The van der Waals surface area contributed by atoms with Crippen LogP contribution in [0, 0.1) is 5.41 Å². The lowest BCUT2D eigenvalue weighted by atomic mass is 9.90. The molecule has 2 N–H and O–H groups in total. The van der Waals surface area contributed by atoms with Crippen LogP contribution in [0.5, 0.6) is 0 Å². The summed E-state index contributed by atoms with van der Waals surface area (Å²) >= 11 is 0. The van der Waals surface area contributed by atoms with Crippen molar-refractivity contribution in [1.29, 1.82) is 0 Å². The van der Waals surface area contributed by atoms with Crippen LogP contribution in [0.25, 0.3) is 0 Å². The Kier molecular flexibility index (Phi) is 5.51. The van der Waals surface area contributed by atoms with Gasteiger partial charge in [-0.1, -0.05) is 40.0 Å². The summed E-state index contributed by atoms with van der Waals surface area (Å²) in [5.41, 5.74) is -0.718. The fourth-order valence-electron chi connectivity index (χ4n) is 2.11. The van der Waals surface area contributed by atoms with Gasteiger partial charge in [-0.05, 0) is 12.8 Å². The first-order valence-electron chi connectivity index (χ1n) is 6.92. The maximum Gasteiger partial charge on any atom is 0.288 e. The third-order valence-electron chi connectivity index (χ3n) is 3.27. The highest BCUT2D eigenvalue weighted by Crippen LogP contribution is 2.17. The molecule has 1 rings (SSSR count). The molecule has 5 heteroatoms. The number of hydrogen-bond donors (Lipinski definition) is 2. The van der Waals surface area contributed by atoms with Gasteiger partial charge in [0.1, 0.15) is 0 Å². The minimum absolute atomic E-state index is 0.128. The molecule has 1 saturated carbocycles. The summed E-state index contributed by atoms with van der Waals surface area (Å²) in [4.78, 5) is 34.8. The van der Waals surface area contributed by atoms with Crippen molar-refractivity contribution in [1.82, 2.24) is 10.6 Å². The van der Waals surface area contributed by atoms with E-state index in [1.165, 1.54) is 6.42 Å². The molecular formula is C14H24N2O3. The lowest BCUT2D eigenvalue weighted by molar-refractivity contribution is -0.142. The van der Waals surface area contributed by atoms with Crippen molar-refractivity contribution in [2.24, 2.45) is 5.41 Å². The van der Waals surface area contributed by atoms with Crippen molar-refractivity contribution in [3.8, 4) is 0 Å². The molecule has 0 radical (unpaired) electrons. The lowest BCUT2D eigenvalue weighted by Gasteiger charge is -2.23. The van der Waals surface area contributed by atoms with Gasteiger partial charge in [0.15, 0.2) is 0 Å². The lowest BCUT2D eigenvalue weighted by Crippen LogP contribution is -2.45. The fraction of sp³-hybridized carbons (Fsp3) is 0.786. The van der Waals surface area contributed by atoms with E-state index in [0.717, 1.165) is 25.7 Å². The number of ketones is 1. The van der Waals surface area contributed by atoms with E-state index in [0.29, 0.717) is 0 Å². The van der Waals surface area contributed by atoms with Crippen LogP contribution in [0.3, 0.4) is 0 Å². The quantitative estimate of drug-likeness (QED) is 0.751. The Hall–Kier alpha value is -1.39. The minimum atomic E-state index is -0.718. The molecule has 0 aromatic carbocycles. The van der Waals surface area contributed by atoms with Crippen molar-refractivity contribution >= 4 is 17.6 Å². The van der Waals surface area contributed by atoms with Gasteiger partial charge in [0.2, 0.25) is 11.7 Å². The van der Waals surface area contributed by atoms with E-state index in [1.807, 2.05) is 0 Å². The van der Waals surface area contributed by atoms with E-state index in [1.54, 1.807) is 20.8 Å². The number of carbonyl (C=O) groups is 3. The van der Waals surface area contributed by atoms with Gasteiger partial charge < -0.3 is 10.6 Å². The molecule has 0 aromatic heterocycles. The molecule has 1 fully saturated rings. The Bertz CT molecular complexity index is 352. The maximum atomic E-state index is 11.7. The van der Waals surface area contributed by atoms with E-state index < -0.39 is 17.1 Å². The SMILES string of the molecule is CC(C)(C)C(=O)C(=O)NCC(=O)NC1CCCCC1. The summed E-state index contributed by atoms with van der Waals surface area (Å²) in [5, 5.41) is 5.26. The van der Waals surface area contributed by atoms with Crippen LogP contribution < -0.4 is 10.6 Å². The van der Waals surface area contributed by atoms with Gasteiger partial charge in [-0.25, -0.2) is 0 Å². The van der Waals surface area contributed by atoms with E-state index in [2.05, 4.69) is 10.6 Å². The molecule has 0 unspecified atom stereocenters. The smallest absolute Gasteiger partial charge is 0.288 e. The van der Waals surface area contributed by atoms with Crippen LogP contribution in [-0.4, -0.2) is 30.2 Å². The van der Waals surface area contributed by atoms with Crippen molar-refractivity contribution in [3.05, 3.63) is 0 Å². The number of Topliss-reactive ketones (excluding diaryl/α,β-unsaturated/α-hetero) is 1. The molecule has 0 atom stereocenters. The Labute approximate surface area is 114 Å². The second-order valence-corrected chi connectivity index (χ2v) is 6.16. The summed E-state index contributed by atoms with van der Waals surface area (Å²) in [6, 6.07) is 0.219. The van der Waals surface area contributed by atoms with E-state index in [-0.39, 0.29) is 18.5 Å². The van der Waals surface area contributed by atoms with Gasteiger partial charge in [0.05, 0.1) is 6.54 Å². The topological polar surface area (TPSA) is 75.3 Å². The first-order valence-corrected chi connectivity index (χ1v) is 6.92. The molecule has 0 aromatic rings. The Morgan fingerprint density at radius 2 is 1.63 bits per heavy atom. The Balaban J connectivity index is 2.29. The molecule has 0 heterocycles. The van der Waals surface area contributed by atoms with Crippen LogP contribution in [0.4, 0.5) is 0 Å². The van der Waals surface area contributed by atoms with Gasteiger partial charge in [-0.2, -0.15) is 0 Å². The van der Waals surface area contributed by atoms with Crippen LogP contribution in [0.1, 0.15) is 52.9 Å². The zero-order chi connectivity index (χ0) is 14.5. The van der Waals surface area contributed by atoms with Gasteiger partial charge >= 0.3 is 0 Å². The number of rotatable bonds is 4. The zero-order valence-electron chi connectivity index (χ0n) is 12.0. The molecular weight excluding hydrogens is 244 g/mol. The van der Waals surface area contributed by atoms with Crippen molar-refractivity contribution in [3.63, 3.8) is 0 Å². The molecule has 5 nitrogen and oxygen atoms in total. The van der Waals surface area contributed by atoms with E-state index in [4.69, 9.17) is 0 Å². The van der Waals surface area contributed by atoms with Crippen LogP contribution in [-0.2, 0) is 14.4 Å². The third kappa shape index (κ3) is 5.41. The Morgan fingerprint density at radius 3 is 2.16 bits per heavy atom. The highest BCUT2D eigenvalue weighted by atomic mass is 16.2. The van der Waals surface area contributed by atoms with Gasteiger partial charge in [-0.3, -0.25) is 14.4 Å². The molecule has 2 amide bonds. The summed E-state index contributed by atoms with van der Waals surface area (Å²) in [5.74, 6) is -1.41. The van der Waals surface area contributed by atoms with Crippen molar-refractivity contribution in [2.45, 2.75) is 58.9 Å². The molecule has 0 spiro atoms. The zero-order valence-corrected chi connectivity index (χ0v) is 12.0. The average Bonchev–Trinajstić information content (AvgIpc) is 2.35. The summed E-state index contributed by atoms with van der Waals surface area (Å²) in [6.07, 6.45) is 5.50. The molecule has 0 aliphatic heterocycles. The van der Waals surface area contributed by atoms with Crippen molar-refractivity contribution < 1.29 is 14.4 Å². The number of carbonyl (C=O) groups excluding carboxylic acids is 3. The predicted molar refractivity (Wildman–Crippen MR) is 72.5 cm³/mol. The third-order valence-corrected chi connectivity index (χ3v) is 3.27. The van der Waals surface area contributed by atoms with E-state index in [9.17, 15) is 14.4 Å². The molecule has 108 valence electrons. The fourth-order valence-corrected chi connectivity index (χ4v) is 2.11. The van der Waals surface area contributed by atoms with Crippen LogP contribution >= 0.6 is 0 Å². The van der Waals surface area contributed by atoms with Gasteiger partial charge in [0, 0.05) is 11.5 Å². The first kappa shape index (κ1) is 15.7. The molecule has 1 aliphatic rings. The van der Waals surface area contributed by atoms with Crippen molar-refractivity contribution in [2.75, 3.05) is 6.54 Å². The van der Waals surface area contributed by atoms with Crippen LogP contribution in [0.15, 0.2) is 0 Å². The highest BCUT2D eigenvalue weighted by Gasteiger charge is 2.28. The average molecular weight is 268 g/mol. The summed E-state index contributed by atoms with van der Waals surface area (Å²) in [6.45, 7) is 4.90. The maximum absolute atomic E-state index is 11.7. The summed E-state index contributed by atoms with van der Waals surface area (Å²) in [7, 11) is 0. The molecule has 19 heavy (non-hydrogen) atoms. The highest BCUT2D eigenvalue weighted by molar-refractivity contribution is 6.38. The molecule has 0 bridgehead atoms. The summed E-state index contributed by atoms with van der Waals surface area (Å²) < 4.78 is 0. The van der Waals surface area contributed by atoms with Gasteiger partial charge in [0.25, 0.3) is 5.91 Å². The standard InChI is InChI=1S/C14H24N2O3/c1-14(2,3)12(18)13(19)15-9-11(17)16-10-7-5-4-6-8-10/h10H,4-9H2,1-3H3,(H,15,19)(H,16,17). The number of amides is 2. The van der Waals surface area contributed by atoms with E-state index >= 15 is 0 Å². The minimum Gasteiger partial charge on any atom is -0.352 e. The molecule has 1 aliphatic carbocycles. The number of nitrogens with one attached hydrogen (secondary N) is 2. The van der Waals surface area contributed by atoms with Crippen LogP contribution in [0.2, 0.25) is 0 Å².